The second-order valence-corrected chi connectivity index (χ2v) is 0.371. The summed E-state index contributed by atoms with van der Waals surface area (Å²) in [5.74, 6) is 0. The van der Waals surface area contributed by atoms with E-state index in [1.54, 1.807) is 0 Å². The molecule has 0 aliphatic rings. The maximum absolute atomic E-state index is 10.3. The fourth-order valence-electron chi connectivity index (χ4n) is 0. The van der Waals surface area contributed by atoms with Crippen LogP contribution in [0.5, 0.6) is 0 Å². The number of rotatable bonds is 1. The fourth-order valence-corrected chi connectivity index (χ4v) is 0. The summed E-state index contributed by atoms with van der Waals surface area (Å²) in [6, 6.07) is 0. The minimum Gasteiger partial charge on any atom is -0.828 e. The summed E-state index contributed by atoms with van der Waals surface area (Å²) in [5, 5.41) is 17.1. The zero-order valence-electron chi connectivity index (χ0n) is 4.18. The Bertz CT molecular complexity index is 26.9. The molecule has 0 saturated heterocycles. The van der Waals surface area contributed by atoms with Crippen molar-refractivity contribution in [2.75, 3.05) is 0 Å². The Morgan fingerprint density at radius 1 is 1.43 bits per heavy atom. The predicted molar refractivity (Wildman–Crippen MR) is 7.95 cm³/mol. The monoisotopic (exact) mass is 92.0 g/mol. The molecule has 0 aliphatic heterocycles. The van der Waals surface area contributed by atoms with Crippen molar-refractivity contribution < 1.29 is 57.1 Å². The molecule has 7 heavy (non-hydrogen) atoms. The van der Waals surface area contributed by atoms with Crippen molar-refractivity contribution in [2.24, 2.45) is 0 Å². The van der Waals surface area contributed by atoms with Gasteiger partial charge in [-0.15, -0.1) is 0 Å². The van der Waals surface area contributed by atoms with Crippen molar-refractivity contribution >= 4 is 7.40 Å². The molecule has 0 bridgehead atoms. The van der Waals surface area contributed by atoms with Crippen molar-refractivity contribution in [3.05, 3.63) is 0 Å². The summed E-state index contributed by atoms with van der Waals surface area (Å²) < 4.78 is 10.3. The van der Waals surface area contributed by atoms with Gasteiger partial charge in [0.25, 0.3) is 0 Å². The molecule has 0 aromatic rings. The van der Waals surface area contributed by atoms with Gasteiger partial charge in [-0.25, -0.2) is 0 Å². The molecule has 0 rings (SSSR count). The Labute approximate surface area is 64.7 Å². The molecular weight excluding hydrogens is 91.7 g/mol. The van der Waals surface area contributed by atoms with Crippen molar-refractivity contribution in [3.8, 4) is 0 Å². The zero-order chi connectivity index (χ0) is 4.28. The van der Waals surface area contributed by atoms with Gasteiger partial charge in [-0.05, 0) is 0 Å². The maximum Gasteiger partial charge on any atom is 1.00 e. The quantitative estimate of drug-likeness (QED) is 0.183. The van der Waals surface area contributed by atoms with Gasteiger partial charge in [0.05, 0.1) is 0 Å². The van der Waals surface area contributed by atoms with E-state index >= 15 is 0 Å². The van der Waals surface area contributed by atoms with Crippen molar-refractivity contribution in [1.29, 1.82) is 0 Å². The normalized spacial score (nSPS) is 5.57. The Morgan fingerprint density at radius 2 is 1.57 bits per heavy atom. The standard InChI is InChI=1S/BFHO3.2Li/c2-1(3)5-4;;/h4H;;/q-1;2*+1/p-1. The van der Waals surface area contributed by atoms with E-state index < -0.39 is 7.40 Å². The molecule has 3 nitrogen and oxygen atoms in total. The van der Waals surface area contributed by atoms with E-state index in [1.165, 1.54) is 0 Å². The van der Waals surface area contributed by atoms with Crippen LogP contribution in [0.15, 0.2) is 0 Å². The predicted octanol–water partition coefficient (Wildman–Crippen LogP) is -8.40. The summed E-state index contributed by atoms with van der Waals surface area (Å²) in [6.45, 7) is 0. The average molecular weight is 91.7 g/mol. The van der Waals surface area contributed by atoms with Gasteiger partial charge in [0.1, 0.15) is 0 Å². The average Bonchev–Trinajstić information content (AvgIpc) is 1.38. The third-order valence-corrected chi connectivity index (χ3v) is 0.0757. The Balaban J connectivity index is -0.0000000800. The molecule has 0 fully saturated rings. The summed E-state index contributed by atoms with van der Waals surface area (Å²) in [7, 11) is -2.92. The summed E-state index contributed by atoms with van der Waals surface area (Å²) >= 11 is 0. The van der Waals surface area contributed by atoms with Gasteiger partial charge in [-0.3, -0.25) is 0 Å². The first-order valence-corrected chi connectivity index (χ1v) is 0.856. The van der Waals surface area contributed by atoms with Gasteiger partial charge < -0.3 is 19.4 Å². The topological polar surface area (TPSA) is 55.3 Å². The van der Waals surface area contributed by atoms with Gasteiger partial charge in [0.15, 0.2) is 0 Å². The molecule has 0 aliphatic carbocycles. The second kappa shape index (κ2) is 10.1. The van der Waals surface area contributed by atoms with Gasteiger partial charge in [-0.2, -0.15) is 0 Å². The van der Waals surface area contributed by atoms with E-state index in [4.69, 9.17) is 10.3 Å². The Kier molecular flexibility index (Phi) is 22.7. The summed E-state index contributed by atoms with van der Waals surface area (Å²) in [6.07, 6.45) is 0. The molecule has 0 heterocycles. The molecule has 0 saturated carbocycles. The molecule has 0 spiro atoms. The van der Waals surface area contributed by atoms with E-state index in [2.05, 4.69) is 4.81 Å². The van der Waals surface area contributed by atoms with Crippen LogP contribution in [-0.4, -0.2) is 7.40 Å². The fraction of sp³-hybridized carbons (Fsp3) is 0. The van der Waals surface area contributed by atoms with Crippen LogP contribution in [-0.2, 0) is 4.81 Å². The molecule has 0 N–H and O–H groups in total. The number of hydrogen-bond donors (Lipinski definition) is 0. The van der Waals surface area contributed by atoms with Crippen molar-refractivity contribution in [3.63, 3.8) is 0 Å². The van der Waals surface area contributed by atoms with E-state index in [0.717, 1.165) is 0 Å². The van der Waals surface area contributed by atoms with E-state index in [0.29, 0.717) is 0 Å². The van der Waals surface area contributed by atoms with Gasteiger partial charge >= 0.3 is 45.1 Å². The molecule has 0 unspecified atom stereocenters. The van der Waals surface area contributed by atoms with Crippen molar-refractivity contribution in [2.45, 2.75) is 0 Å². The zero-order valence-corrected chi connectivity index (χ0v) is 4.18. The molecule has 7 heteroatoms. The van der Waals surface area contributed by atoms with Crippen LogP contribution in [0.4, 0.5) is 4.32 Å². The van der Waals surface area contributed by atoms with Gasteiger partial charge in [-0.1, -0.05) is 0 Å². The van der Waals surface area contributed by atoms with Crippen LogP contribution in [0.1, 0.15) is 0 Å². The largest absolute Gasteiger partial charge is 1.00 e. The van der Waals surface area contributed by atoms with E-state index in [-0.39, 0.29) is 37.7 Å². The van der Waals surface area contributed by atoms with Crippen LogP contribution in [0.25, 0.3) is 0 Å². The Hall–Kier alpha value is 1.07. The van der Waals surface area contributed by atoms with Gasteiger partial charge in [0, 0.05) is 0 Å². The van der Waals surface area contributed by atoms with E-state index in [9.17, 15) is 4.32 Å². The van der Waals surface area contributed by atoms with E-state index in [1.807, 2.05) is 0 Å². The van der Waals surface area contributed by atoms with Gasteiger partial charge in [0.2, 0.25) is 0 Å². The minimum atomic E-state index is -2.92. The first kappa shape index (κ1) is 15.7. The summed E-state index contributed by atoms with van der Waals surface area (Å²) in [4.78, 5) is 2.28. The minimum absolute atomic E-state index is 0. The van der Waals surface area contributed by atoms with Crippen LogP contribution in [0.2, 0.25) is 0 Å². The number of hydrogen-bond acceptors (Lipinski definition) is 3. The van der Waals surface area contributed by atoms with Crippen LogP contribution in [0.3, 0.4) is 0 Å². The first-order valence-electron chi connectivity index (χ1n) is 0.856. The first-order chi connectivity index (χ1) is 2.27. The smallest absolute Gasteiger partial charge is 0.828 e. The summed E-state index contributed by atoms with van der Waals surface area (Å²) in [5.41, 5.74) is 0. The number of halogens is 1. The van der Waals surface area contributed by atoms with Crippen LogP contribution in [0, 0.1) is 0 Å². The molecule has 0 aromatic carbocycles. The molecular formula is BFLi2O3. The van der Waals surface area contributed by atoms with Crippen LogP contribution < -0.4 is 48.0 Å². The SMILES string of the molecule is [Li+].[Li+].[O-]OB([O-])F. The maximum atomic E-state index is 10.3. The van der Waals surface area contributed by atoms with Crippen LogP contribution >= 0.6 is 0 Å². The molecule has 30 valence electrons. The third kappa shape index (κ3) is 19.3. The third-order valence-electron chi connectivity index (χ3n) is 0.0757. The molecule has 0 amide bonds. The molecule has 0 atom stereocenters. The molecule has 0 radical (unpaired) electrons. The Morgan fingerprint density at radius 3 is 1.57 bits per heavy atom. The molecule has 0 aromatic heterocycles. The second-order valence-electron chi connectivity index (χ2n) is 0.371. The van der Waals surface area contributed by atoms with Crippen molar-refractivity contribution in [1.82, 2.24) is 0 Å².